The summed E-state index contributed by atoms with van der Waals surface area (Å²) in [4.78, 5) is 0. The molecule has 0 aliphatic carbocycles. The lowest BCUT2D eigenvalue weighted by atomic mass is 9.97. The zero-order valence-corrected chi connectivity index (χ0v) is 10.3. The zero-order valence-electron chi connectivity index (χ0n) is 8.67. The summed E-state index contributed by atoms with van der Waals surface area (Å²) >= 11 is 3.43. The average molecular weight is 259 g/mol. The summed E-state index contributed by atoms with van der Waals surface area (Å²) in [7, 11) is 1.65. The molecule has 1 aromatic carbocycles. The predicted molar refractivity (Wildman–Crippen MR) is 60.9 cm³/mol. The van der Waals surface area contributed by atoms with Crippen LogP contribution in [0.4, 0.5) is 0 Å². The van der Waals surface area contributed by atoms with Crippen LogP contribution in [0.1, 0.15) is 24.0 Å². The predicted octanol–water partition coefficient (Wildman–Crippen LogP) is 2.86. The normalized spacial score (nSPS) is 12.6. The molecule has 1 atom stereocenters. The number of benzene rings is 1. The summed E-state index contributed by atoms with van der Waals surface area (Å²) in [6, 6.07) is 3.99. The van der Waals surface area contributed by atoms with Gasteiger partial charge in [0.25, 0.3) is 0 Å². The standard InChI is InChI=1S/C11H15BrO2/c1-7-4-11(14-3)10(12)5-9(7)8(2)6-13/h4-5,8,13H,6H2,1-3H3. The van der Waals surface area contributed by atoms with Gasteiger partial charge in [0, 0.05) is 12.5 Å². The van der Waals surface area contributed by atoms with E-state index >= 15 is 0 Å². The van der Waals surface area contributed by atoms with Crippen molar-refractivity contribution < 1.29 is 9.84 Å². The van der Waals surface area contributed by atoms with Crippen LogP contribution in [0.25, 0.3) is 0 Å². The third kappa shape index (κ3) is 2.28. The number of hydrogen-bond donors (Lipinski definition) is 1. The molecule has 0 aliphatic heterocycles. The van der Waals surface area contributed by atoms with Crippen LogP contribution in [0.2, 0.25) is 0 Å². The first kappa shape index (κ1) is 11.5. The van der Waals surface area contributed by atoms with Crippen molar-refractivity contribution in [3.05, 3.63) is 27.7 Å². The SMILES string of the molecule is COc1cc(C)c(C(C)CO)cc1Br. The molecule has 0 heterocycles. The summed E-state index contributed by atoms with van der Waals surface area (Å²) in [5.41, 5.74) is 2.30. The summed E-state index contributed by atoms with van der Waals surface area (Å²) in [5, 5.41) is 9.08. The topological polar surface area (TPSA) is 29.5 Å². The van der Waals surface area contributed by atoms with E-state index in [1.165, 1.54) is 0 Å². The summed E-state index contributed by atoms with van der Waals surface area (Å²) in [5.74, 6) is 0.994. The Labute approximate surface area is 93.0 Å². The van der Waals surface area contributed by atoms with Gasteiger partial charge in [0.15, 0.2) is 0 Å². The minimum Gasteiger partial charge on any atom is -0.496 e. The van der Waals surface area contributed by atoms with Crippen molar-refractivity contribution in [2.24, 2.45) is 0 Å². The number of ether oxygens (including phenoxy) is 1. The van der Waals surface area contributed by atoms with Crippen molar-refractivity contribution in [2.75, 3.05) is 13.7 Å². The molecule has 0 radical (unpaired) electrons. The Bertz CT molecular complexity index is 323. The second-order valence-corrected chi connectivity index (χ2v) is 4.28. The van der Waals surface area contributed by atoms with E-state index in [0.29, 0.717) is 0 Å². The highest BCUT2D eigenvalue weighted by atomic mass is 79.9. The van der Waals surface area contributed by atoms with Crippen LogP contribution >= 0.6 is 15.9 Å². The molecule has 78 valence electrons. The Morgan fingerprint density at radius 2 is 2.14 bits per heavy atom. The highest BCUT2D eigenvalue weighted by Gasteiger charge is 2.10. The summed E-state index contributed by atoms with van der Waals surface area (Å²) in [6.07, 6.45) is 0. The maximum absolute atomic E-state index is 9.08. The van der Waals surface area contributed by atoms with Crippen molar-refractivity contribution in [3.63, 3.8) is 0 Å². The van der Waals surface area contributed by atoms with Gasteiger partial charge in [0.2, 0.25) is 0 Å². The highest BCUT2D eigenvalue weighted by molar-refractivity contribution is 9.10. The number of aryl methyl sites for hydroxylation is 1. The van der Waals surface area contributed by atoms with Crippen molar-refractivity contribution in [1.29, 1.82) is 0 Å². The molecular formula is C11H15BrO2. The molecule has 0 saturated heterocycles. The highest BCUT2D eigenvalue weighted by Crippen LogP contribution is 2.31. The number of hydrogen-bond acceptors (Lipinski definition) is 2. The number of methoxy groups -OCH3 is 1. The summed E-state index contributed by atoms with van der Waals surface area (Å²) in [6.45, 7) is 4.19. The maximum Gasteiger partial charge on any atom is 0.133 e. The number of rotatable bonds is 3. The first-order valence-corrected chi connectivity index (χ1v) is 5.34. The van der Waals surface area contributed by atoms with E-state index in [-0.39, 0.29) is 12.5 Å². The monoisotopic (exact) mass is 258 g/mol. The molecule has 0 fully saturated rings. The van der Waals surface area contributed by atoms with Gasteiger partial charge < -0.3 is 9.84 Å². The van der Waals surface area contributed by atoms with Crippen molar-refractivity contribution in [2.45, 2.75) is 19.8 Å². The average Bonchev–Trinajstić information content (AvgIpc) is 2.19. The smallest absolute Gasteiger partial charge is 0.133 e. The van der Waals surface area contributed by atoms with E-state index in [2.05, 4.69) is 15.9 Å². The van der Waals surface area contributed by atoms with Crippen molar-refractivity contribution in [3.8, 4) is 5.75 Å². The molecular weight excluding hydrogens is 244 g/mol. The fourth-order valence-corrected chi connectivity index (χ4v) is 1.98. The Balaban J connectivity index is 3.14. The van der Waals surface area contributed by atoms with Gasteiger partial charge in [-0.05, 0) is 46.1 Å². The molecule has 0 aromatic heterocycles. The molecule has 14 heavy (non-hydrogen) atoms. The third-order valence-electron chi connectivity index (χ3n) is 2.35. The van der Waals surface area contributed by atoms with Crippen LogP contribution in [-0.4, -0.2) is 18.8 Å². The lowest BCUT2D eigenvalue weighted by molar-refractivity contribution is 0.272. The fraction of sp³-hybridized carbons (Fsp3) is 0.455. The Morgan fingerprint density at radius 3 is 2.64 bits per heavy atom. The zero-order chi connectivity index (χ0) is 10.7. The first-order valence-electron chi connectivity index (χ1n) is 4.55. The first-order chi connectivity index (χ1) is 6.60. The number of aliphatic hydroxyl groups is 1. The number of aliphatic hydroxyl groups excluding tert-OH is 1. The van der Waals surface area contributed by atoms with Gasteiger partial charge in [-0.15, -0.1) is 0 Å². The Kier molecular flexibility index (Phi) is 3.96. The van der Waals surface area contributed by atoms with Gasteiger partial charge in [-0.1, -0.05) is 6.92 Å². The van der Waals surface area contributed by atoms with Gasteiger partial charge in [0.05, 0.1) is 11.6 Å². The van der Waals surface area contributed by atoms with Gasteiger partial charge in [-0.3, -0.25) is 0 Å². The van der Waals surface area contributed by atoms with Crippen molar-refractivity contribution in [1.82, 2.24) is 0 Å². The van der Waals surface area contributed by atoms with E-state index in [4.69, 9.17) is 9.84 Å². The molecule has 0 aliphatic rings. The van der Waals surface area contributed by atoms with Crippen LogP contribution in [0.15, 0.2) is 16.6 Å². The molecule has 0 spiro atoms. The van der Waals surface area contributed by atoms with Crippen LogP contribution in [0.5, 0.6) is 5.75 Å². The fourth-order valence-electron chi connectivity index (χ4n) is 1.46. The largest absolute Gasteiger partial charge is 0.496 e. The van der Waals surface area contributed by atoms with Crippen LogP contribution in [0.3, 0.4) is 0 Å². The minimum absolute atomic E-state index is 0.164. The van der Waals surface area contributed by atoms with E-state index in [0.717, 1.165) is 21.3 Å². The lowest BCUT2D eigenvalue weighted by Crippen LogP contribution is -2.02. The molecule has 1 rings (SSSR count). The molecule has 1 unspecified atom stereocenters. The Morgan fingerprint density at radius 1 is 1.50 bits per heavy atom. The molecule has 1 N–H and O–H groups in total. The second kappa shape index (κ2) is 4.80. The van der Waals surface area contributed by atoms with E-state index in [1.54, 1.807) is 7.11 Å². The van der Waals surface area contributed by atoms with Gasteiger partial charge >= 0.3 is 0 Å². The van der Waals surface area contributed by atoms with E-state index < -0.39 is 0 Å². The van der Waals surface area contributed by atoms with E-state index in [9.17, 15) is 0 Å². The van der Waals surface area contributed by atoms with Crippen LogP contribution in [-0.2, 0) is 0 Å². The Hall–Kier alpha value is -0.540. The second-order valence-electron chi connectivity index (χ2n) is 3.43. The molecule has 2 nitrogen and oxygen atoms in total. The van der Waals surface area contributed by atoms with Gasteiger partial charge in [0.1, 0.15) is 5.75 Å². The lowest BCUT2D eigenvalue weighted by Gasteiger charge is -2.14. The molecule has 0 amide bonds. The summed E-state index contributed by atoms with van der Waals surface area (Å²) < 4.78 is 6.12. The quantitative estimate of drug-likeness (QED) is 0.904. The molecule has 0 saturated carbocycles. The van der Waals surface area contributed by atoms with Crippen LogP contribution < -0.4 is 4.74 Å². The molecule has 3 heteroatoms. The number of halogens is 1. The van der Waals surface area contributed by atoms with E-state index in [1.807, 2.05) is 26.0 Å². The van der Waals surface area contributed by atoms with Gasteiger partial charge in [-0.2, -0.15) is 0 Å². The van der Waals surface area contributed by atoms with Crippen molar-refractivity contribution >= 4 is 15.9 Å². The minimum atomic E-state index is 0.164. The molecule has 0 bridgehead atoms. The molecule has 1 aromatic rings. The maximum atomic E-state index is 9.08. The van der Waals surface area contributed by atoms with Gasteiger partial charge in [-0.25, -0.2) is 0 Å². The van der Waals surface area contributed by atoms with Crippen LogP contribution in [0, 0.1) is 6.92 Å². The third-order valence-corrected chi connectivity index (χ3v) is 2.96.